The van der Waals surface area contributed by atoms with E-state index < -0.39 is 0 Å². The fourth-order valence-corrected chi connectivity index (χ4v) is 11.2. The molecule has 2 aliphatic rings. The van der Waals surface area contributed by atoms with Crippen molar-refractivity contribution in [1.82, 2.24) is 14.5 Å². The van der Waals surface area contributed by atoms with Crippen molar-refractivity contribution in [2.45, 2.75) is 44.4 Å². The minimum atomic E-state index is 0.266. The molecule has 3 heterocycles. The van der Waals surface area contributed by atoms with Gasteiger partial charge in [0.05, 0.1) is 22.2 Å². The Morgan fingerprint density at radius 1 is 0.608 bits per heavy atom. The molecule has 2 atom stereocenters. The maximum Gasteiger partial charge on any atom is 0.235 e. The van der Waals surface area contributed by atoms with E-state index in [9.17, 15) is 0 Å². The Hall–Kier alpha value is -5.32. The summed E-state index contributed by atoms with van der Waals surface area (Å²) >= 11 is 1.88. The predicted octanol–water partition coefficient (Wildman–Crippen LogP) is 12.9. The van der Waals surface area contributed by atoms with Gasteiger partial charge in [0.1, 0.15) is 0 Å². The zero-order valence-electron chi connectivity index (χ0n) is 28.6. The molecule has 0 aliphatic heterocycles. The van der Waals surface area contributed by atoms with Crippen LogP contribution in [0.1, 0.15) is 44.6 Å². The SMILES string of the molecule is CC1(c2ccc(-c3nc(-n4c5ccccc5c5c(-c6cccc7c6sc6ccccc67)cccc54)nc4ccccc34)cc2)C[C@@H]2CC[C@H](C2)C1. The molecule has 0 unspecified atom stereocenters. The summed E-state index contributed by atoms with van der Waals surface area (Å²) in [5.74, 6) is 2.49. The molecule has 0 saturated heterocycles. The molecular weight excluding hydrogens is 639 g/mol. The van der Waals surface area contributed by atoms with Crippen molar-refractivity contribution in [2.24, 2.45) is 11.8 Å². The third-order valence-corrected chi connectivity index (χ3v) is 13.4. The lowest BCUT2D eigenvalue weighted by molar-refractivity contribution is 0.232. The minimum Gasteiger partial charge on any atom is -0.278 e. The molecule has 0 spiro atoms. The molecule has 3 nitrogen and oxygen atoms in total. The fraction of sp³-hybridized carbons (Fsp3) is 0.191. The van der Waals surface area contributed by atoms with Crippen LogP contribution in [-0.2, 0) is 5.41 Å². The van der Waals surface area contributed by atoms with Gasteiger partial charge < -0.3 is 0 Å². The highest BCUT2D eigenvalue weighted by molar-refractivity contribution is 7.26. The Morgan fingerprint density at radius 2 is 1.27 bits per heavy atom. The fourth-order valence-electron chi connectivity index (χ4n) is 9.98. The third kappa shape index (κ3) is 4.49. The lowest BCUT2D eigenvalue weighted by Gasteiger charge is -2.38. The van der Waals surface area contributed by atoms with E-state index in [-0.39, 0.29) is 5.41 Å². The number of thiophene rings is 1. The largest absolute Gasteiger partial charge is 0.278 e. The van der Waals surface area contributed by atoms with Gasteiger partial charge in [0.2, 0.25) is 5.95 Å². The molecule has 0 N–H and O–H groups in total. The molecule has 2 aliphatic carbocycles. The molecule has 0 amide bonds. The number of fused-ring (bicyclic) bond motifs is 9. The maximum atomic E-state index is 5.44. The van der Waals surface area contributed by atoms with Crippen LogP contribution in [0.2, 0.25) is 0 Å². The first-order chi connectivity index (χ1) is 25.1. The van der Waals surface area contributed by atoms with Gasteiger partial charge in [-0.1, -0.05) is 129 Å². The maximum absolute atomic E-state index is 5.44. The lowest BCUT2D eigenvalue weighted by atomic mass is 9.66. The molecule has 2 saturated carbocycles. The van der Waals surface area contributed by atoms with E-state index in [0.29, 0.717) is 5.95 Å². The van der Waals surface area contributed by atoms with Gasteiger partial charge in [0.15, 0.2) is 0 Å². The zero-order valence-corrected chi connectivity index (χ0v) is 29.5. The summed E-state index contributed by atoms with van der Waals surface area (Å²) in [7, 11) is 0. The number of para-hydroxylation sites is 2. The van der Waals surface area contributed by atoms with Gasteiger partial charge in [0, 0.05) is 47.5 Å². The summed E-state index contributed by atoms with van der Waals surface area (Å²) in [6, 6.07) is 48.8. The van der Waals surface area contributed by atoms with E-state index in [1.807, 2.05) is 11.3 Å². The summed E-state index contributed by atoms with van der Waals surface area (Å²) in [4.78, 5) is 10.7. The van der Waals surface area contributed by atoms with Crippen molar-refractivity contribution in [3.05, 3.63) is 139 Å². The molecule has 6 aromatic carbocycles. The predicted molar refractivity (Wildman–Crippen MR) is 215 cm³/mol. The molecule has 2 fully saturated rings. The van der Waals surface area contributed by atoms with Crippen molar-refractivity contribution in [3.63, 3.8) is 0 Å². The van der Waals surface area contributed by atoms with E-state index in [0.717, 1.165) is 45.0 Å². The summed E-state index contributed by atoms with van der Waals surface area (Å²) in [5.41, 5.74) is 9.54. The minimum absolute atomic E-state index is 0.266. The van der Waals surface area contributed by atoms with Crippen LogP contribution in [0.5, 0.6) is 0 Å². The normalized spacial score (nSPS) is 20.3. The summed E-state index contributed by atoms with van der Waals surface area (Å²) < 4.78 is 4.92. The Bertz CT molecular complexity index is 2810. The molecule has 51 heavy (non-hydrogen) atoms. The van der Waals surface area contributed by atoms with Crippen molar-refractivity contribution in [1.29, 1.82) is 0 Å². The molecule has 11 rings (SSSR count). The van der Waals surface area contributed by atoms with Gasteiger partial charge in [-0.15, -0.1) is 11.3 Å². The first-order valence-corrected chi connectivity index (χ1v) is 19.2. The highest BCUT2D eigenvalue weighted by atomic mass is 32.1. The summed E-state index contributed by atoms with van der Waals surface area (Å²) in [5, 5.41) is 6.15. The van der Waals surface area contributed by atoms with Crippen LogP contribution < -0.4 is 0 Å². The van der Waals surface area contributed by atoms with Gasteiger partial charge in [-0.25, -0.2) is 9.97 Å². The smallest absolute Gasteiger partial charge is 0.235 e. The second-order valence-electron chi connectivity index (χ2n) is 15.3. The van der Waals surface area contributed by atoms with Gasteiger partial charge >= 0.3 is 0 Å². The van der Waals surface area contributed by atoms with E-state index in [2.05, 4.69) is 145 Å². The number of rotatable bonds is 4. The van der Waals surface area contributed by atoms with Crippen LogP contribution in [0.3, 0.4) is 0 Å². The topological polar surface area (TPSA) is 30.7 Å². The van der Waals surface area contributed by atoms with Crippen LogP contribution in [-0.4, -0.2) is 14.5 Å². The van der Waals surface area contributed by atoms with Crippen LogP contribution in [0.15, 0.2) is 133 Å². The highest BCUT2D eigenvalue weighted by Gasteiger charge is 2.41. The van der Waals surface area contributed by atoms with Crippen LogP contribution in [0.4, 0.5) is 0 Å². The van der Waals surface area contributed by atoms with Gasteiger partial charge in [-0.2, -0.15) is 0 Å². The van der Waals surface area contributed by atoms with Gasteiger partial charge in [-0.3, -0.25) is 4.57 Å². The molecule has 9 aromatic rings. The second kappa shape index (κ2) is 11.1. The van der Waals surface area contributed by atoms with Crippen LogP contribution >= 0.6 is 11.3 Å². The second-order valence-corrected chi connectivity index (χ2v) is 16.4. The Balaban J connectivity index is 1.11. The average Bonchev–Trinajstić information content (AvgIpc) is 3.85. The first kappa shape index (κ1) is 29.4. The van der Waals surface area contributed by atoms with Gasteiger partial charge in [0.25, 0.3) is 0 Å². The monoisotopic (exact) mass is 675 g/mol. The molecule has 4 heteroatoms. The third-order valence-electron chi connectivity index (χ3n) is 12.2. The number of aromatic nitrogens is 3. The molecule has 2 bridgehead atoms. The Labute approximate surface area is 301 Å². The average molecular weight is 676 g/mol. The van der Waals surface area contributed by atoms with Crippen LogP contribution in [0, 0.1) is 11.8 Å². The summed E-state index contributed by atoms with van der Waals surface area (Å²) in [6.07, 6.45) is 6.90. The Kier molecular flexibility index (Phi) is 6.40. The number of nitrogens with zero attached hydrogens (tertiary/aromatic N) is 3. The van der Waals surface area contributed by atoms with Crippen molar-refractivity contribution in [2.75, 3.05) is 0 Å². The highest BCUT2D eigenvalue weighted by Crippen LogP contribution is 2.52. The van der Waals surface area contributed by atoms with Crippen molar-refractivity contribution < 1.29 is 0 Å². The summed E-state index contributed by atoms with van der Waals surface area (Å²) in [6.45, 7) is 2.50. The Morgan fingerprint density at radius 3 is 2.12 bits per heavy atom. The van der Waals surface area contributed by atoms with E-state index in [1.165, 1.54) is 79.7 Å². The van der Waals surface area contributed by atoms with Gasteiger partial charge in [-0.05, 0) is 71.9 Å². The van der Waals surface area contributed by atoms with Crippen molar-refractivity contribution >= 4 is 64.2 Å². The number of benzene rings is 6. The lowest BCUT2D eigenvalue weighted by Crippen LogP contribution is -2.30. The number of hydrogen-bond donors (Lipinski definition) is 0. The van der Waals surface area contributed by atoms with E-state index in [4.69, 9.17) is 9.97 Å². The molecular formula is C47H37N3S. The van der Waals surface area contributed by atoms with E-state index in [1.54, 1.807) is 0 Å². The number of hydrogen-bond acceptors (Lipinski definition) is 3. The zero-order chi connectivity index (χ0) is 33.7. The molecule has 0 radical (unpaired) electrons. The quantitative estimate of drug-likeness (QED) is 0.186. The molecule has 3 aromatic heterocycles. The first-order valence-electron chi connectivity index (χ1n) is 18.4. The molecule has 246 valence electrons. The van der Waals surface area contributed by atoms with Crippen molar-refractivity contribution in [3.8, 4) is 28.3 Å². The van der Waals surface area contributed by atoms with Crippen LogP contribution in [0.25, 0.3) is 81.2 Å². The standard InChI is InChI=1S/C47H37N3S/c1-47(27-29-20-21-30(26-29)28-47)32-24-22-31(23-25-32)44-37-11-2-5-16-39(37)48-46(49-44)50-40-17-6-3-12-38(40)43-34(13-9-18-41(43)50)36-15-8-14-35-33-10-4-7-19-42(33)51-45(35)36/h2-19,22-25,29-30H,20-21,26-28H2,1H3/t29-,30-/m1/s1. The van der Waals surface area contributed by atoms with E-state index >= 15 is 0 Å².